The molecule has 0 aliphatic rings. The number of nitriles is 1. The molecule has 3 rings (SSSR count). The Bertz CT molecular complexity index is 1170. The fourth-order valence-corrected chi connectivity index (χ4v) is 2.87. The first-order chi connectivity index (χ1) is 13.8. The Labute approximate surface area is 168 Å². The van der Waals surface area contributed by atoms with Gasteiger partial charge in [-0.2, -0.15) is 5.26 Å². The Morgan fingerprint density at radius 1 is 1.28 bits per heavy atom. The number of Topliss-reactive ketones (excluding diaryl/α,β-unsaturated/α-hetero) is 1. The number of benzene rings is 1. The molecule has 7 heteroatoms. The summed E-state index contributed by atoms with van der Waals surface area (Å²) in [7, 11) is 3.20. The van der Waals surface area contributed by atoms with Crippen LogP contribution in [0.2, 0.25) is 0 Å². The second-order valence-electron chi connectivity index (χ2n) is 7.17. The van der Waals surface area contributed by atoms with Crippen molar-refractivity contribution in [1.29, 1.82) is 5.26 Å². The first kappa shape index (κ1) is 20.0. The van der Waals surface area contributed by atoms with Gasteiger partial charge >= 0.3 is 0 Å². The van der Waals surface area contributed by atoms with E-state index >= 15 is 0 Å². The molecule has 7 nitrogen and oxygen atoms in total. The molecule has 0 bridgehead atoms. The number of ketones is 1. The summed E-state index contributed by atoms with van der Waals surface area (Å²) in [5, 5.41) is 9.29. The van der Waals surface area contributed by atoms with Crippen molar-refractivity contribution >= 4 is 28.9 Å². The van der Waals surface area contributed by atoms with Crippen LogP contribution in [0.1, 0.15) is 29.8 Å². The summed E-state index contributed by atoms with van der Waals surface area (Å²) >= 11 is 0. The van der Waals surface area contributed by atoms with Crippen LogP contribution in [0.4, 0.5) is 0 Å². The number of amides is 1. The lowest BCUT2D eigenvalue weighted by Gasteiger charge is -2.09. The highest BCUT2D eigenvalue weighted by Crippen LogP contribution is 2.24. The summed E-state index contributed by atoms with van der Waals surface area (Å²) < 4.78 is 0. The van der Waals surface area contributed by atoms with Crippen LogP contribution in [0.3, 0.4) is 0 Å². The smallest absolute Gasteiger partial charge is 0.264 e. The third kappa shape index (κ3) is 4.06. The normalized spacial score (nSPS) is 11.5. The number of nitrogens with zero attached hydrogens (tertiary/aromatic N) is 4. The average Bonchev–Trinajstić information content (AvgIpc) is 3.14. The van der Waals surface area contributed by atoms with Gasteiger partial charge in [0.05, 0.1) is 17.5 Å². The van der Waals surface area contributed by atoms with E-state index in [-0.39, 0.29) is 23.2 Å². The lowest BCUT2D eigenvalue weighted by Crippen LogP contribution is -2.22. The van der Waals surface area contributed by atoms with E-state index in [4.69, 9.17) is 0 Å². The molecule has 0 fully saturated rings. The van der Waals surface area contributed by atoms with Gasteiger partial charge in [0, 0.05) is 31.8 Å². The second kappa shape index (κ2) is 8.07. The van der Waals surface area contributed by atoms with Crippen LogP contribution >= 0.6 is 0 Å². The summed E-state index contributed by atoms with van der Waals surface area (Å²) in [5.74, 6) is -0.505. The molecule has 1 aromatic carbocycles. The summed E-state index contributed by atoms with van der Waals surface area (Å²) in [6.45, 7) is 3.69. The highest BCUT2D eigenvalue weighted by molar-refractivity contribution is 6.07. The van der Waals surface area contributed by atoms with Gasteiger partial charge in [-0.15, -0.1) is 0 Å². The topological polar surface area (TPSA) is 103 Å². The largest absolute Gasteiger partial charge is 0.344 e. The fourth-order valence-electron chi connectivity index (χ4n) is 2.87. The maximum absolute atomic E-state index is 12.4. The van der Waals surface area contributed by atoms with Gasteiger partial charge in [-0.3, -0.25) is 9.59 Å². The summed E-state index contributed by atoms with van der Waals surface area (Å²) in [4.78, 5) is 37.9. The Hall–Kier alpha value is -3.79. The van der Waals surface area contributed by atoms with Crippen LogP contribution in [-0.2, 0) is 4.79 Å². The van der Waals surface area contributed by atoms with Crippen molar-refractivity contribution in [2.75, 3.05) is 14.1 Å². The average molecular weight is 387 g/mol. The SMILES string of the molecule is CC(C)C(=O)c1c[nH]c2ncc(-c3cccc(/C=C(\C#N)C(=O)N(C)C)c3)nc12. The van der Waals surface area contributed by atoms with Gasteiger partial charge in [0.1, 0.15) is 17.2 Å². The Morgan fingerprint density at radius 3 is 2.69 bits per heavy atom. The van der Waals surface area contributed by atoms with Gasteiger partial charge in [-0.25, -0.2) is 9.97 Å². The minimum absolute atomic E-state index is 0.000226. The monoisotopic (exact) mass is 387 g/mol. The molecule has 0 aliphatic heterocycles. The Balaban J connectivity index is 2.04. The molecule has 2 aromatic heterocycles. The van der Waals surface area contributed by atoms with Crippen molar-refractivity contribution < 1.29 is 9.59 Å². The number of likely N-dealkylation sites (N-methyl/N-ethyl adjacent to an activating group) is 1. The molecule has 0 atom stereocenters. The van der Waals surface area contributed by atoms with Crippen LogP contribution in [0.15, 0.2) is 42.2 Å². The van der Waals surface area contributed by atoms with Crippen molar-refractivity contribution in [3.8, 4) is 17.3 Å². The molecule has 0 aliphatic carbocycles. The molecule has 146 valence electrons. The molecule has 0 unspecified atom stereocenters. The van der Waals surface area contributed by atoms with Crippen LogP contribution < -0.4 is 0 Å². The number of aromatic amines is 1. The molecular weight excluding hydrogens is 366 g/mol. The van der Waals surface area contributed by atoms with Gasteiger partial charge in [-0.05, 0) is 17.7 Å². The van der Waals surface area contributed by atoms with Crippen molar-refractivity contribution in [3.63, 3.8) is 0 Å². The highest BCUT2D eigenvalue weighted by Gasteiger charge is 2.18. The zero-order chi connectivity index (χ0) is 21.1. The van der Waals surface area contributed by atoms with E-state index < -0.39 is 0 Å². The molecular formula is C22H21N5O2. The first-order valence-corrected chi connectivity index (χ1v) is 9.14. The van der Waals surface area contributed by atoms with E-state index in [2.05, 4.69) is 15.0 Å². The van der Waals surface area contributed by atoms with E-state index in [9.17, 15) is 14.9 Å². The Kier molecular flexibility index (Phi) is 5.55. The van der Waals surface area contributed by atoms with Crippen LogP contribution in [0.25, 0.3) is 28.5 Å². The molecule has 3 aromatic rings. The fraction of sp³-hybridized carbons (Fsp3) is 0.227. The maximum atomic E-state index is 12.4. The number of carbonyl (C=O) groups is 2. The van der Waals surface area contributed by atoms with Gasteiger partial charge in [0.25, 0.3) is 5.91 Å². The number of rotatable bonds is 5. The third-order valence-corrected chi connectivity index (χ3v) is 4.42. The quantitative estimate of drug-likeness (QED) is 0.410. The van der Waals surface area contributed by atoms with E-state index in [1.807, 2.05) is 38.1 Å². The van der Waals surface area contributed by atoms with Crippen molar-refractivity contribution in [1.82, 2.24) is 19.9 Å². The Morgan fingerprint density at radius 2 is 2.03 bits per heavy atom. The maximum Gasteiger partial charge on any atom is 0.264 e. The molecule has 1 N–H and O–H groups in total. The summed E-state index contributed by atoms with van der Waals surface area (Å²) in [6, 6.07) is 9.26. The van der Waals surface area contributed by atoms with E-state index in [0.717, 1.165) is 5.56 Å². The lowest BCUT2D eigenvalue weighted by molar-refractivity contribution is -0.124. The second-order valence-corrected chi connectivity index (χ2v) is 7.17. The van der Waals surface area contributed by atoms with E-state index in [1.165, 1.54) is 4.90 Å². The van der Waals surface area contributed by atoms with Crippen molar-refractivity contribution in [3.05, 3.63) is 53.4 Å². The molecule has 0 saturated heterocycles. The van der Waals surface area contributed by atoms with Crippen LogP contribution in [-0.4, -0.2) is 45.6 Å². The number of H-pyrrole nitrogens is 1. The predicted octanol–water partition coefficient (Wildman–Crippen LogP) is 3.46. The summed E-state index contributed by atoms with van der Waals surface area (Å²) in [6.07, 6.45) is 4.81. The molecule has 0 saturated carbocycles. The van der Waals surface area contributed by atoms with Gasteiger partial charge in [0.2, 0.25) is 0 Å². The lowest BCUT2D eigenvalue weighted by atomic mass is 10.0. The van der Waals surface area contributed by atoms with Gasteiger partial charge in [-0.1, -0.05) is 32.0 Å². The number of nitrogens with one attached hydrogen (secondary N) is 1. The first-order valence-electron chi connectivity index (χ1n) is 9.14. The van der Waals surface area contributed by atoms with Crippen molar-refractivity contribution in [2.45, 2.75) is 13.8 Å². The van der Waals surface area contributed by atoms with Gasteiger partial charge in [0.15, 0.2) is 11.4 Å². The number of carbonyl (C=O) groups excluding carboxylic acids is 2. The molecule has 0 spiro atoms. The minimum atomic E-state index is -0.358. The summed E-state index contributed by atoms with van der Waals surface area (Å²) in [5.41, 5.74) is 3.71. The zero-order valence-electron chi connectivity index (χ0n) is 16.7. The number of hydrogen-bond acceptors (Lipinski definition) is 5. The zero-order valence-corrected chi connectivity index (χ0v) is 16.7. The number of aromatic nitrogens is 3. The number of hydrogen-bond donors (Lipinski definition) is 1. The van der Waals surface area contributed by atoms with Crippen LogP contribution in [0.5, 0.6) is 0 Å². The van der Waals surface area contributed by atoms with Crippen molar-refractivity contribution in [2.24, 2.45) is 5.92 Å². The predicted molar refractivity (Wildman–Crippen MR) is 111 cm³/mol. The number of fused-ring (bicyclic) bond motifs is 1. The minimum Gasteiger partial charge on any atom is -0.344 e. The van der Waals surface area contributed by atoms with Gasteiger partial charge < -0.3 is 9.88 Å². The highest BCUT2D eigenvalue weighted by atomic mass is 16.2. The third-order valence-electron chi connectivity index (χ3n) is 4.42. The molecule has 29 heavy (non-hydrogen) atoms. The van der Waals surface area contributed by atoms with E-state index in [1.54, 1.807) is 38.6 Å². The van der Waals surface area contributed by atoms with Crippen LogP contribution in [0, 0.1) is 17.2 Å². The molecule has 1 amide bonds. The molecule has 0 radical (unpaired) electrons. The molecule has 2 heterocycles. The standard InChI is InChI=1S/C22H21N5O2/c1-13(2)20(28)17-11-24-21-19(17)26-18(12-25-21)15-7-5-6-14(8-15)9-16(10-23)22(29)27(3)4/h5-9,11-13H,1-4H3,(H,24,25)/b16-9+. The van der Waals surface area contributed by atoms with E-state index in [0.29, 0.717) is 28.0 Å².